The molecule has 12 heavy (non-hydrogen) atoms. The quantitative estimate of drug-likeness (QED) is 0.464. The summed E-state index contributed by atoms with van der Waals surface area (Å²) in [6, 6.07) is -0.412. The average molecular weight is 174 g/mol. The Morgan fingerprint density at radius 3 is 2.75 bits per heavy atom. The van der Waals surface area contributed by atoms with Crippen LogP contribution in [0, 0.1) is 0 Å². The molecule has 0 aromatic heterocycles. The molecule has 0 radical (unpaired) electrons. The highest BCUT2D eigenvalue weighted by Gasteiger charge is 2.08. The van der Waals surface area contributed by atoms with Crippen molar-refractivity contribution in [1.29, 1.82) is 0 Å². The van der Waals surface area contributed by atoms with E-state index < -0.39 is 6.03 Å². The fourth-order valence-corrected chi connectivity index (χ4v) is 0.653. The number of amides is 3. The molecule has 0 fully saturated rings. The smallest absolute Gasteiger partial charge is 0.323 e. The van der Waals surface area contributed by atoms with E-state index in [0.717, 1.165) is 4.90 Å². The highest BCUT2D eigenvalue weighted by molar-refractivity contribution is 5.84. The van der Waals surface area contributed by atoms with E-state index >= 15 is 0 Å². The SMILES string of the molecule is CCOCCN(C=O)C(=O)NC. The van der Waals surface area contributed by atoms with Crippen molar-refractivity contribution in [3.63, 3.8) is 0 Å². The van der Waals surface area contributed by atoms with E-state index in [1.54, 1.807) is 0 Å². The molecule has 70 valence electrons. The van der Waals surface area contributed by atoms with Crippen LogP contribution in [0.4, 0.5) is 4.79 Å². The zero-order valence-corrected chi connectivity index (χ0v) is 7.37. The minimum absolute atomic E-state index is 0.289. The van der Waals surface area contributed by atoms with Crippen LogP contribution in [0.25, 0.3) is 0 Å². The fourth-order valence-electron chi connectivity index (χ4n) is 0.653. The molecule has 0 aromatic carbocycles. The van der Waals surface area contributed by atoms with E-state index in [-0.39, 0.29) is 6.54 Å². The first-order valence-electron chi connectivity index (χ1n) is 3.77. The van der Waals surface area contributed by atoms with Crippen LogP contribution in [0.3, 0.4) is 0 Å². The van der Waals surface area contributed by atoms with Gasteiger partial charge in [-0.05, 0) is 6.92 Å². The third-order valence-corrected chi connectivity index (χ3v) is 1.28. The molecule has 0 saturated heterocycles. The summed E-state index contributed by atoms with van der Waals surface area (Å²) in [6.45, 7) is 3.10. The molecule has 0 aromatic rings. The van der Waals surface area contributed by atoms with E-state index in [1.165, 1.54) is 7.05 Å². The van der Waals surface area contributed by atoms with Gasteiger partial charge >= 0.3 is 6.03 Å². The first-order chi connectivity index (χ1) is 5.76. The van der Waals surface area contributed by atoms with Crippen molar-refractivity contribution in [2.75, 3.05) is 26.8 Å². The first kappa shape index (κ1) is 10.9. The molecule has 3 amide bonds. The van der Waals surface area contributed by atoms with Gasteiger partial charge in [0.2, 0.25) is 6.41 Å². The van der Waals surface area contributed by atoms with Gasteiger partial charge in [0.1, 0.15) is 0 Å². The van der Waals surface area contributed by atoms with Crippen LogP contribution in [-0.2, 0) is 9.53 Å². The van der Waals surface area contributed by atoms with E-state index in [2.05, 4.69) is 5.32 Å². The molecule has 1 N–H and O–H groups in total. The largest absolute Gasteiger partial charge is 0.380 e. The third-order valence-electron chi connectivity index (χ3n) is 1.28. The first-order valence-corrected chi connectivity index (χ1v) is 3.77. The Labute approximate surface area is 71.7 Å². The molecule has 0 spiro atoms. The maximum absolute atomic E-state index is 10.9. The lowest BCUT2D eigenvalue weighted by atomic mass is 10.6. The van der Waals surface area contributed by atoms with Crippen LogP contribution in [0.15, 0.2) is 0 Å². The summed E-state index contributed by atoms with van der Waals surface area (Å²) in [7, 11) is 1.47. The molecule has 0 bridgehead atoms. The van der Waals surface area contributed by atoms with Gasteiger partial charge in [0.25, 0.3) is 0 Å². The van der Waals surface area contributed by atoms with Crippen LogP contribution in [0.2, 0.25) is 0 Å². The summed E-state index contributed by atoms with van der Waals surface area (Å²) < 4.78 is 4.98. The van der Waals surface area contributed by atoms with Crippen molar-refractivity contribution in [3.8, 4) is 0 Å². The number of nitrogens with zero attached hydrogens (tertiary/aromatic N) is 1. The van der Waals surface area contributed by atoms with Gasteiger partial charge in [0.05, 0.1) is 13.2 Å². The average Bonchev–Trinajstić information content (AvgIpc) is 2.11. The van der Waals surface area contributed by atoms with E-state index in [0.29, 0.717) is 19.6 Å². The van der Waals surface area contributed by atoms with Crippen LogP contribution in [0.1, 0.15) is 6.92 Å². The van der Waals surface area contributed by atoms with Crippen LogP contribution >= 0.6 is 0 Å². The van der Waals surface area contributed by atoms with Gasteiger partial charge in [0.15, 0.2) is 0 Å². The number of urea groups is 1. The van der Waals surface area contributed by atoms with Gasteiger partial charge in [-0.1, -0.05) is 0 Å². The number of hydrogen-bond donors (Lipinski definition) is 1. The monoisotopic (exact) mass is 174 g/mol. The van der Waals surface area contributed by atoms with Crippen molar-refractivity contribution in [2.24, 2.45) is 0 Å². The van der Waals surface area contributed by atoms with Gasteiger partial charge in [-0.2, -0.15) is 0 Å². The maximum atomic E-state index is 10.9. The van der Waals surface area contributed by atoms with E-state index in [1.807, 2.05) is 6.92 Å². The topological polar surface area (TPSA) is 58.6 Å². The molecular formula is C7H14N2O3. The third kappa shape index (κ3) is 3.92. The summed E-state index contributed by atoms with van der Waals surface area (Å²) in [4.78, 5) is 22.2. The Balaban J connectivity index is 3.67. The van der Waals surface area contributed by atoms with Gasteiger partial charge < -0.3 is 10.1 Å². The second kappa shape index (κ2) is 6.60. The number of carbonyl (C=O) groups excluding carboxylic acids is 2. The second-order valence-electron chi connectivity index (χ2n) is 2.05. The number of ether oxygens (including phenoxy) is 1. The molecule has 0 aliphatic rings. The highest BCUT2D eigenvalue weighted by Crippen LogP contribution is 1.84. The summed E-state index contributed by atoms with van der Waals surface area (Å²) >= 11 is 0. The maximum Gasteiger partial charge on any atom is 0.323 e. The normalized spacial score (nSPS) is 9.17. The molecular weight excluding hydrogens is 160 g/mol. The Hall–Kier alpha value is -1.10. The van der Waals surface area contributed by atoms with Gasteiger partial charge in [-0.3, -0.25) is 9.69 Å². The van der Waals surface area contributed by atoms with Crippen molar-refractivity contribution in [1.82, 2.24) is 10.2 Å². The zero-order chi connectivity index (χ0) is 9.40. The second-order valence-corrected chi connectivity index (χ2v) is 2.05. The zero-order valence-electron chi connectivity index (χ0n) is 7.37. The lowest BCUT2D eigenvalue weighted by Gasteiger charge is -2.13. The van der Waals surface area contributed by atoms with Crippen molar-refractivity contribution < 1.29 is 14.3 Å². The van der Waals surface area contributed by atoms with Gasteiger partial charge in [-0.15, -0.1) is 0 Å². The summed E-state index contributed by atoms with van der Waals surface area (Å²) in [5.74, 6) is 0. The molecule has 0 rings (SSSR count). The Bertz CT molecular complexity index is 150. The molecule has 0 atom stereocenters. The van der Waals surface area contributed by atoms with Gasteiger partial charge in [-0.25, -0.2) is 4.79 Å². The van der Waals surface area contributed by atoms with E-state index in [9.17, 15) is 9.59 Å². The number of rotatable bonds is 5. The number of nitrogens with one attached hydrogen (secondary N) is 1. The molecule has 0 heterocycles. The standard InChI is InChI=1S/C7H14N2O3/c1-3-12-5-4-9(6-10)7(11)8-2/h6H,3-5H2,1-2H3,(H,8,11). The van der Waals surface area contributed by atoms with E-state index in [4.69, 9.17) is 4.74 Å². The molecule has 0 aliphatic heterocycles. The predicted octanol–water partition coefficient (Wildman–Crippen LogP) is -0.179. The molecule has 5 nitrogen and oxygen atoms in total. The number of carbonyl (C=O) groups is 2. The predicted molar refractivity (Wildman–Crippen MR) is 43.7 cm³/mol. The number of imide groups is 1. The lowest BCUT2D eigenvalue weighted by Crippen LogP contribution is -2.39. The van der Waals surface area contributed by atoms with Crippen molar-refractivity contribution in [3.05, 3.63) is 0 Å². The van der Waals surface area contributed by atoms with Crippen LogP contribution in [-0.4, -0.2) is 44.1 Å². The van der Waals surface area contributed by atoms with Gasteiger partial charge in [0, 0.05) is 13.7 Å². The number of hydrogen-bond acceptors (Lipinski definition) is 3. The van der Waals surface area contributed by atoms with Crippen molar-refractivity contribution in [2.45, 2.75) is 6.92 Å². The molecule has 0 unspecified atom stereocenters. The lowest BCUT2D eigenvalue weighted by molar-refractivity contribution is -0.116. The summed E-state index contributed by atoms with van der Waals surface area (Å²) in [5.41, 5.74) is 0. The Morgan fingerprint density at radius 2 is 2.33 bits per heavy atom. The van der Waals surface area contributed by atoms with Crippen LogP contribution in [0.5, 0.6) is 0 Å². The molecule has 5 heteroatoms. The van der Waals surface area contributed by atoms with Crippen molar-refractivity contribution >= 4 is 12.4 Å². The summed E-state index contributed by atoms with van der Waals surface area (Å²) in [6.07, 6.45) is 0.484. The Morgan fingerprint density at radius 1 is 1.67 bits per heavy atom. The minimum Gasteiger partial charge on any atom is -0.380 e. The Kier molecular flexibility index (Phi) is 6.00. The molecule has 0 saturated carbocycles. The summed E-state index contributed by atoms with van der Waals surface area (Å²) in [5, 5.41) is 2.34. The highest BCUT2D eigenvalue weighted by atomic mass is 16.5. The fraction of sp³-hybridized carbons (Fsp3) is 0.714. The molecule has 0 aliphatic carbocycles. The van der Waals surface area contributed by atoms with Crippen LogP contribution < -0.4 is 5.32 Å². The minimum atomic E-state index is -0.412.